The molecule has 0 aliphatic rings. The molecule has 0 aliphatic heterocycles. The molecule has 0 amide bonds. The van der Waals surface area contributed by atoms with Gasteiger partial charge in [0.25, 0.3) is 0 Å². The molecule has 7 aromatic carbocycles. The molecular formula is C40H23NS2. The largest absolute Gasteiger partial charge is 0.309 e. The van der Waals surface area contributed by atoms with E-state index in [1.54, 1.807) is 0 Å². The van der Waals surface area contributed by atoms with Crippen molar-refractivity contribution in [1.82, 2.24) is 4.57 Å². The first-order valence-corrected chi connectivity index (χ1v) is 16.2. The number of hydrogen-bond acceptors (Lipinski definition) is 2. The number of fused-ring (bicyclic) bond motifs is 11. The molecule has 0 spiro atoms. The van der Waals surface area contributed by atoms with E-state index in [1.165, 1.54) is 89.7 Å². The van der Waals surface area contributed by atoms with Crippen LogP contribution in [0.3, 0.4) is 0 Å². The first kappa shape index (κ1) is 23.6. The van der Waals surface area contributed by atoms with Gasteiger partial charge in [0, 0.05) is 62.4 Å². The highest BCUT2D eigenvalue weighted by atomic mass is 32.1. The number of benzene rings is 7. The van der Waals surface area contributed by atoms with Crippen LogP contribution in [-0.4, -0.2) is 4.57 Å². The van der Waals surface area contributed by atoms with Crippen molar-refractivity contribution in [2.24, 2.45) is 0 Å². The predicted octanol–water partition coefficient (Wildman–Crippen LogP) is 12.3. The molecule has 200 valence electrons. The van der Waals surface area contributed by atoms with E-state index in [2.05, 4.69) is 144 Å². The summed E-state index contributed by atoms with van der Waals surface area (Å²) >= 11 is 3.79. The Morgan fingerprint density at radius 2 is 1.09 bits per heavy atom. The molecule has 0 atom stereocenters. The Morgan fingerprint density at radius 1 is 0.419 bits per heavy atom. The smallest absolute Gasteiger partial charge is 0.0548 e. The zero-order valence-corrected chi connectivity index (χ0v) is 24.7. The monoisotopic (exact) mass is 581 g/mol. The summed E-state index contributed by atoms with van der Waals surface area (Å²) in [6.45, 7) is 0. The van der Waals surface area contributed by atoms with Crippen LogP contribution >= 0.6 is 22.7 Å². The van der Waals surface area contributed by atoms with Crippen LogP contribution in [0.4, 0.5) is 0 Å². The number of hydrogen-bond donors (Lipinski definition) is 0. The highest BCUT2D eigenvalue weighted by Gasteiger charge is 2.19. The molecule has 10 aromatic rings. The lowest BCUT2D eigenvalue weighted by atomic mass is 9.95. The van der Waals surface area contributed by atoms with Crippen LogP contribution in [0.1, 0.15) is 0 Å². The first-order valence-electron chi connectivity index (χ1n) is 14.6. The van der Waals surface area contributed by atoms with Gasteiger partial charge in [-0.2, -0.15) is 0 Å². The fraction of sp³-hybridized carbons (Fsp3) is 0. The molecule has 10 rings (SSSR count). The predicted molar refractivity (Wildman–Crippen MR) is 190 cm³/mol. The minimum atomic E-state index is 1.18. The Hall–Kier alpha value is -4.96. The number of nitrogens with zero attached hydrogens (tertiary/aromatic N) is 1. The Morgan fingerprint density at radius 3 is 1.93 bits per heavy atom. The van der Waals surface area contributed by atoms with Crippen molar-refractivity contribution < 1.29 is 0 Å². The lowest BCUT2D eigenvalue weighted by molar-refractivity contribution is 1.18. The van der Waals surface area contributed by atoms with E-state index in [0.29, 0.717) is 0 Å². The molecule has 1 nitrogen and oxygen atoms in total. The van der Waals surface area contributed by atoms with Gasteiger partial charge in [-0.3, -0.25) is 0 Å². The van der Waals surface area contributed by atoms with Gasteiger partial charge in [0.15, 0.2) is 0 Å². The summed E-state index contributed by atoms with van der Waals surface area (Å²) in [6, 6.07) is 51.5. The van der Waals surface area contributed by atoms with Crippen molar-refractivity contribution in [1.29, 1.82) is 0 Å². The van der Waals surface area contributed by atoms with E-state index >= 15 is 0 Å². The van der Waals surface area contributed by atoms with E-state index in [9.17, 15) is 0 Å². The first-order chi connectivity index (χ1) is 21.3. The Labute approximate surface area is 255 Å². The Bertz CT molecular complexity index is 2720. The molecule has 0 aliphatic carbocycles. The van der Waals surface area contributed by atoms with E-state index in [0.717, 1.165) is 0 Å². The van der Waals surface area contributed by atoms with E-state index < -0.39 is 0 Å². The third kappa shape index (κ3) is 3.26. The standard InChI is InChI=1S/C40H23NS2/c1-2-10-27-25(9-1)23-31-28-11-4-7-15-34(28)43-40(31)37(27)24-17-19-26(20-18-24)41-32-14-6-3-12-29(32)38-33(41)21-22-36-39(38)30-13-5-8-16-35(30)42-36/h1-23H. The summed E-state index contributed by atoms with van der Waals surface area (Å²) in [5.41, 5.74) is 6.26. The molecule has 0 unspecified atom stereocenters. The molecule has 0 N–H and O–H groups in total. The number of thiophene rings is 2. The van der Waals surface area contributed by atoms with Gasteiger partial charge in [-0.15, -0.1) is 22.7 Å². The van der Waals surface area contributed by atoms with Gasteiger partial charge in [-0.05, 0) is 64.9 Å². The third-order valence-corrected chi connectivity index (χ3v) is 11.3. The van der Waals surface area contributed by atoms with Crippen molar-refractivity contribution in [3.63, 3.8) is 0 Å². The summed E-state index contributed by atoms with van der Waals surface area (Å²) in [5, 5.41) is 10.6. The van der Waals surface area contributed by atoms with Gasteiger partial charge in [-0.1, -0.05) is 91.0 Å². The topological polar surface area (TPSA) is 4.93 Å². The van der Waals surface area contributed by atoms with Crippen LogP contribution in [0.2, 0.25) is 0 Å². The van der Waals surface area contributed by atoms with E-state index in [4.69, 9.17) is 0 Å². The summed E-state index contributed by atoms with van der Waals surface area (Å²) in [6.07, 6.45) is 0. The maximum atomic E-state index is 2.44. The zero-order chi connectivity index (χ0) is 28.1. The van der Waals surface area contributed by atoms with Crippen LogP contribution in [-0.2, 0) is 0 Å². The molecule has 0 fully saturated rings. The molecule has 0 saturated carbocycles. The second-order valence-electron chi connectivity index (χ2n) is 11.3. The lowest BCUT2D eigenvalue weighted by Gasteiger charge is -2.12. The molecule has 3 heteroatoms. The van der Waals surface area contributed by atoms with E-state index in [-0.39, 0.29) is 0 Å². The van der Waals surface area contributed by atoms with Crippen molar-refractivity contribution in [2.45, 2.75) is 0 Å². The van der Waals surface area contributed by atoms with Gasteiger partial charge in [0.1, 0.15) is 0 Å². The second kappa shape index (κ2) is 8.78. The molecule has 43 heavy (non-hydrogen) atoms. The lowest BCUT2D eigenvalue weighted by Crippen LogP contribution is -1.93. The summed E-state index contributed by atoms with van der Waals surface area (Å²) in [5.74, 6) is 0. The molecule has 0 radical (unpaired) electrons. The second-order valence-corrected chi connectivity index (χ2v) is 13.4. The fourth-order valence-corrected chi connectivity index (χ4v) is 9.52. The fourth-order valence-electron chi connectivity index (χ4n) is 7.14. The van der Waals surface area contributed by atoms with Crippen LogP contribution < -0.4 is 0 Å². The Balaban J connectivity index is 1.24. The molecule has 0 saturated heterocycles. The minimum absolute atomic E-state index is 1.18. The molecule has 3 heterocycles. The van der Waals surface area contributed by atoms with Gasteiger partial charge < -0.3 is 4.57 Å². The van der Waals surface area contributed by atoms with Crippen LogP contribution in [0.5, 0.6) is 0 Å². The number of rotatable bonds is 2. The number of aromatic nitrogens is 1. The van der Waals surface area contributed by atoms with Gasteiger partial charge in [-0.25, -0.2) is 0 Å². The van der Waals surface area contributed by atoms with Gasteiger partial charge in [0.2, 0.25) is 0 Å². The van der Waals surface area contributed by atoms with Crippen molar-refractivity contribution in [3.05, 3.63) is 140 Å². The average Bonchev–Trinajstić information content (AvgIpc) is 3.73. The quantitative estimate of drug-likeness (QED) is 0.191. The summed E-state index contributed by atoms with van der Waals surface area (Å²) < 4.78 is 7.82. The van der Waals surface area contributed by atoms with Gasteiger partial charge >= 0.3 is 0 Å². The number of para-hydroxylation sites is 1. The van der Waals surface area contributed by atoms with Crippen molar-refractivity contribution >= 4 is 95.6 Å². The minimum Gasteiger partial charge on any atom is -0.309 e. The molecule has 3 aromatic heterocycles. The maximum absolute atomic E-state index is 2.44. The van der Waals surface area contributed by atoms with E-state index in [1.807, 2.05) is 22.7 Å². The third-order valence-electron chi connectivity index (χ3n) is 8.98. The highest BCUT2D eigenvalue weighted by molar-refractivity contribution is 7.26. The normalized spacial score (nSPS) is 12.2. The van der Waals surface area contributed by atoms with Crippen LogP contribution in [0.15, 0.2) is 140 Å². The molecule has 0 bridgehead atoms. The summed E-state index contributed by atoms with van der Waals surface area (Å²) in [7, 11) is 0. The SMILES string of the molecule is c1ccc2c(-c3ccc(-n4c5ccccc5c5c6c(ccc54)sc4ccccc46)cc3)c3sc4ccccc4c3cc2c1. The van der Waals surface area contributed by atoms with Crippen LogP contribution in [0, 0.1) is 0 Å². The average molecular weight is 582 g/mol. The molecular weight excluding hydrogens is 559 g/mol. The van der Waals surface area contributed by atoms with Gasteiger partial charge in [0.05, 0.1) is 11.0 Å². The Kier molecular flexibility index (Phi) is 4.81. The summed E-state index contributed by atoms with van der Waals surface area (Å²) in [4.78, 5) is 0. The maximum Gasteiger partial charge on any atom is 0.0548 e. The highest BCUT2D eigenvalue weighted by Crippen LogP contribution is 2.46. The van der Waals surface area contributed by atoms with Crippen molar-refractivity contribution in [2.75, 3.05) is 0 Å². The van der Waals surface area contributed by atoms with Crippen molar-refractivity contribution in [3.8, 4) is 16.8 Å². The zero-order valence-electron chi connectivity index (χ0n) is 23.0. The van der Waals surface area contributed by atoms with Crippen LogP contribution in [0.25, 0.3) is 89.7 Å².